The van der Waals surface area contributed by atoms with Gasteiger partial charge < -0.3 is 10.2 Å². The number of hydrogen-bond acceptors (Lipinski definition) is 2. The van der Waals surface area contributed by atoms with Crippen molar-refractivity contribution in [1.29, 1.82) is 0 Å². The van der Waals surface area contributed by atoms with Gasteiger partial charge in [-0.2, -0.15) is 0 Å². The summed E-state index contributed by atoms with van der Waals surface area (Å²) >= 11 is 0. The second-order valence-corrected chi connectivity index (χ2v) is 6.59. The summed E-state index contributed by atoms with van der Waals surface area (Å²) in [5, 5.41) is 2.88. The van der Waals surface area contributed by atoms with Gasteiger partial charge in [0.25, 0.3) is 5.91 Å². The summed E-state index contributed by atoms with van der Waals surface area (Å²) < 4.78 is 0. The normalized spacial score (nSPS) is 19.7. The van der Waals surface area contributed by atoms with Gasteiger partial charge >= 0.3 is 0 Å². The molecule has 108 valence electrons. The molecule has 20 heavy (non-hydrogen) atoms. The monoisotopic (exact) mass is 274 g/mol. The van der Waals surface area contributed by atoms with E-state index >= 15 is 0 Å². The van der Waals surface area contributed by atoms with Crippen LogP contribution in [0.25, 0.3) is 0 Å². The van der Waals surface area contributed by atoms with E-state index in [0.717, 1.165) is 0 Å². The van der Waals surface area contributed by atoms with Crippen molar-refractivity contribution < 1.29 is 9.59 Å². The summed E-state index contributed by atoms with van der Waals surface area (Å²) in [6, 6.07) is 6.74. The molecule has 0 aliphatic carbocycles. The number of nitrogens with one attached hydrogen (secondary N) is 1. The van der Waals surface area contributed by atoms with Gasteiger partial charge in [-0.15, -0.1) is 0 Å². The molecule has 1 atom stereocenters. The second-order valence-electron chi connectivity index (χ2n) is 6.59. The molecule has 4 heteroatoms. The summed E-state index contributed by atoms with van der Waals surface area (Å²) in [5.74, 6) is -0.233. The molecule has 1 N–H and O–H groups in total. The van der Waals surface area contributed by atoms with Gasteiger partial charge in [0.15, 0.2) is 0 Å². The highest BCUT2D eigenvalue weighted by atomic mass is 16.2. The van der Waals surface area contributed by atoms with Crippen LogP contribution >= 0.6 is 0 Å². The minimum Gasteiger partial charge on any atom is -0.340 e. The lowest BCUT2D eigenvalue weighted by molar-refractivity contribution is -0.123. The molecule has 1 aromatic rings. The first kappa shape index (κ1) is 14.6. The summed E-state index contributed by atoms with van der Waals surface area (Å²) in [6.45, 7) is 9.81. The lowest BCUT2D eigenvalue weighted by atomic mass is 9.85. The standard InChI is InChI=1S/C16H22N2O2/c1-10(2)18-12-9-7-6-8-11(12)14(19)17-13(15(18)20)16(3,4)5/h6-10,13H,1-5H3,(H,17,19). The molecule has 0 fully saturated rings. The van der Waals surface area contributed by atoms with E-state index in [9.17, 15) is 9.59 Å². The predicted molar refractivity (Wildman–Crippen MR) is 79.8 cm³/mol. The molecule has 0 saturated carbocycles. The molecule has 1 unspecified atom stereocenters. The van der Waals surface area contributed by atoms with Crippen molar-refractivity contribution in [3.05, 3.63) is 29.8 Å². The molecule has 0 saturated heterocycles. The summed E-state index contributed by atoms with van der Waals surface area (Å²) in [7, 11) is 0. The zero-order valence-electron chi connectivity index (χ0n) is 12.7. The van der Waals surface area contributed by atoms with Crippen molar-refractivity contribution in [2.45, 2.75) is 46.7 Å². The van der Waals surface area contributed by atoms with Crippen molar-refractivity contribution >= 4 is 17.5 Å². The number of carbonyl (C=O) groups excluding carboxylic acids is 2. The SMILES string of the molecule is CC(C)N1C(=O)C(C(C)(C)C)NC(=O)c2ccccc21. The number of hydrogen-bond donors (Lipinski definition) is 1. The molecule has 0 aromatic heterocycles. The zero-order valence-corrected chi connectivity index (χ0v) is 12.7. The quantitative estimate of drug-likeness (QED) is 0.855. The minimum absolute atomic E-state index is 0.00111. The summed E-state index contributed by atoms with van der Waals surface area (Å²) in [4.78, 5) is 27.0. The minimum atomic E-state index is -0.523. The smallest absolute Gasteiger partial charge is 0.254 e. The maximum absolute atomic E-state index is 12.9. The number of nitrogens with zero attached hydrogens (tertiary/aromatic N) is 1. The van der Waals surface area contributed by atoms with Gasteiger partial charge in [-0.1, -0.05) is 32.9 Å². The largest absolute Gasteiger partial charge is 0.340 e. The molecular formula is C16H22N2O2. The molecule has 0 radical (unpaired) electrons. The van der Waals surface area contributed by atoms with E-state index in [-0.39, 0.29) is 23.3 Å². The molecule has 1 heterocycles. The first-order valence-corrected chi connectivity index (χ1v) is 6.96. The predicted octanol–water partition coefficient (Wildman–Crippen LogP) is 2.59. The first-order valence-electron chi connectivity index (χ1n) is 6.96. The van der Waals surface area contributed by atoms with Crippen LogP contribution in [-0.2, 0) is 4.79 Å². The molecule has 2 rings (SSSR count). The van der Waals surface area contributed by atoms with E-state index in [2.05, 4.69) is 5.32 Å². The Morgan fingerprint density at radius 2 is 1.75 bits per heavy atom. The summed E-state index contributed by atoms with van der Waals surface area (Å²) in [5.41, 5.74) is 0.917. The lowest BCUT2D eigenvalue weighted by Crippen LogP contribution is -2.54. The van der Waals surface area contributed by atoms with Gasteiger partial charge in [0, 0.05) is 6.04 Å². The topological polar surface area (TPSA) is 49.4 Å². The summed E-state index contributed by atoms with van der Waals surface area (Å²) in [6.07, 6.45) is 0. The molecule has 1 aliphatic rings. The Hall–Kier alpha value is -1.84. The van der Waals surface area contributed by atoms with Gasteiger partial charge in [0.05, 0.1) is 11.3 Å². The van der Waals surface area contributed by atoms with Gasteiger partial charge in [0.1, 0.15) is 6.04 Å². The van der Waals surface area contributed by atoms with Crippen molar-refractivity contribution in [3.8, 4) is 0 Å². The van der Waals surface area contributed by atoms with E-state index in [1.54, 1.807) is 11.0 Å². The molecule has 1 aliphatic heterocycles. The van der Waals surface area contributed by atoms with Crippen LogP contribution in [0.3, 0.4) is 0 Å². The van der Waals surface area contributed by atoms with Crippen LogP contribution in [0, 0.1) is 5.41 Å². The van der Waals surface area contributed by atoms with E-state index < -0.39 is 6.04 Å². The first-order chi connectivity index (χ1) is 9.23. The third-order valence-corrected chi connectivity index (χ3v) is 3.55. The van der Waals surface area contributed by atoms with Crippen molar-refractivity contribution in [2.75, 3.05) is 4.90 Å². The zero-order chi connectivity index (χ0) is 15.1. The van der Waals surface area contributed by atoms with Gasteiger partial charge in [-0.3, -0.25) is 9.59 Å². The molecule has 0 bridgehead atoms. The van der Waals surface area contributed by atoms with Crippen molar-refractivity contribution in [1.82, 2.24) is 5.32 Å². The number of para-hydroxylation sites is 1. The number of anilines is 1. The van der Waals surface area contributed by atoms with Crippen molar-refractivity contribution in [3.63, 3.8) is 0 Å². The Morgan fingerprint density at radius 1 is 1.15 bits per heavy atom. The maximum atomic E-state index is 12.9. The lowest BCUT2D eigenvalue weighted by Gasteiger charge is -2.34. The van der Waals surface area contributed by atoms with Gasteiger partial charge in [0.2, 0.25) is 5.91 Å². The number of rotatable bonds is 1. The highest BCUT2D eigenvalue weighted by Gasteiger charge is 2.40. The molecule has 0 spiro atoms. The molecular weight excluding hydrogens is 252 g/mol. The van der Waals surface area contributed by atoms with E-state index in [1.807, 2.05) is 52.8 Å². The van der Waals surface area contributed by atoms with Crippen LogP contribution in [0.5, 0.6) is 0 Å². The number of amides is 2. The average Bonchev–Trinajstić information content (AvgIpc) is 2.44. The van der Waals surface area contributed by atoms with Crippen LogP contribution in [0.4, 0.5) is 5.69 Å². The fourth-order valence-electron chi connectivity index (χ4n) is 2.52. The van der Waals surface area contributed by atoms with E-state index in [1.165, 1.54) is 0 Å². The third-order valence-electron chi connectivity index (χ3n) is 3.55. The highest BCUT2D eigenvalue weighted by molar-refractivity contribution is 6.11. The highest BCUT2D eigenvalue weighted by Crippen LogP contribution is 2.31. The number of carbonyl (C=O) groups is 2. The average molecular weight is 274 g/mol. The Bertz CT molecular complexity index is 544. The van der Waals surface area contributed by atoms with Crippen LogP contribution in [0.15, 0.2) is 24.3 Å². The van der Waals surface area contributed by atoms with E-state index in [0.29, 0.717) is 11.3 Å². The fourth-order valence-corrected chi connectivity index (χ4v) is 2.52. The maximum Gasteiger partial charge on any atom is 0.254 e. The van der Waals surface area contributed by atoms with Crippen LogP contribution < -0.4 is 10.2 Å². The Kier molecular flexibility index (Phi) is 3.59. The fraction of sp³-hybridized carbons (Fsp3) is 0.500. The Morgan fingerprint density at radius 3 is 2.30 bits per heavy atom. The van der Waals surface area contributed by atoms with Crippen LogP contribution in [0.1, 0.15) is 45.0 Å². The van der Waals surface area contributed by atoms with E-state index in [4.69, 9.17) is 0 Å². The van der Waals surface area contributed by atoms with Crippen molar-refractivity contribution in [2.24, 2.45) is 5.41 Å². The van der Waals surface area contributed by atoms with Gasteiger partial charge in [-0.25, -0.2) is 0 Å². The Labute approximate surface area is 120 Å². The number of fused-ring (bicyclic) bond motifs is 1. The third kappa shape index (κ3) is 2.42. The van der Waals surface area contributed by atoms with Gasteiger partial charge in [-0.05, 0) is 31.4 Å². The molecule has 2 amide bonds. The number of benzene rings is 1. The van der Waals surface area contributed by atoms with Crippen LogP contribution in [0.2, 0.25) is 0 Å². The van der Waals surface area contributed by atoms with Crippen LogP contribution in [-0.4, -0.2) is 23.9 Å². The Balaban J connectivity index is 2.60. The second kappa shape index (κ2) is 4.93. The molecule has 1 aromatic carbocycles. The molecule has 4 nitrogen and oxygen atoms in total.